The monoisotopic (exact) mass is 284 g/mol. The van der Waals surface area contributed by atoms with Gasteiger partial charge in [-0.05, 0) is 24.7 Å². The second-order valence-corrected chi connectivity index (χ2v) is 6.04. The Hall–Kier alpha value is -1.42. The molecule has 0 spiro atoms. The molecule has 0 atom stereocenters. The minimum absolute atomic E-state index is 0.0255. The lowest BCUT2D eigenvalue weighted by Crippen LogP contribution is -2.27. The summed E-state index contributed by atoms with van der Waals surface area (Å²) in [6.07, 6.45) is 5.10. The molecule has 1 rings (SSSR count). The first-order chi connectivity index (χ1) is 8.93. The Bertz CT molecular complexity index is 579. The molecule has 19 heavy (non-hydrogen) atoms. The van der Waals surface area contributed by atoms with Crippen LogP contribution in [0, 0.1) is 18.2 Å². The van der Waals surface area contributed by atoms with Crippen LogP contribution >= 0.6 is 0 Å². The molecule has 0 radical (unpaired) electrons. The van der Waals surface area contributed by atoms with E-state index in [1.165, 1.54) is 19.2 Å². The molecule has 0 fully saturated rings. The quantitative estimate of drug-likeness (QED) is 0.798. The van der Waals surface area contributed by atoms with Gasteiger partial charge >= 0.3 is 0 Å². The van der Waals surface area contributed by atoms with Gasteiger partial charge in [-0.3, -0.25) is 0 Å². The van der Waals surface area contributed by atoms with Gasteiger partial charge in [-0.1, -0.05) is 12.8 Å². The predicted octanol–water partition coefficient (Wildman–Crippen LogP) is 1.19. The highest BCUT2D eigenvalue weighted by Gasteiger charge is 2.21. The molecule has 1 aromatic carbocycles. The predicted molar refractivity (Wildman–Crippen MR) is 72.4 cm³/mol. The van der Waals surface area contributed by atoms with E-state index >= 15 is 0 Å². The molecule has 0 bridgehead atoms. The number of nitrogens with one attached hydrogen (secondary N) is 1. The zero-order chi connectivity index (χ0) is 14.5. The summed E-state index contributed by atoms with van der Waals surface area (Å²) < 4.78 is 38.9. The topological polar surface area (TPSA) is 49.4 Å². The molecular formula is C13H17FN2O2S. The van der Waals surface area contributed by atoms with E-state index in [9.17, 15) is 12.8 Å². The van der Waals surface area contributed by atoms with Crippen LogP contribution in [-0.2, 0) is 16.6 Å². The van der Waals surface area contributed by atoms with Crippen LogP contribution in [0.15, 0.2) is 23.1 Å². The summed E-state index contributed by atoms with van der Waals surface area (Å²) in [7, 11) is -2.28. The molecule has 0 amide bonds. The Labute approximate surface area is 113 Å². The largest absolute Gasteiger partial charge is 0.313 e. The molecule has 0 saturated heterocycles. The van der Waals surface area contributed by atoms with Gasteiger partial charge in [-0.15, -0.1) is 6.42 Å². The Morgan fingerprint density at radius 2 is 2.16 bits per heavy atom. The second kappa shape index (κ2) is 6.66. The summed E-state index contributed by atoms with van der Waals surface area (Å²) in [5, 5.41) is 2.96. The SMILES string of the molecule is C#CCN(C)S(=O)(=O)c1ccc(F)c(CNCC)c1. The van der Waals surface area contributed by atoms with E-state index < -0.39 is 15.8 Å². The van der Waals surface area contributed by atoms with Gasteiger partial charge in [0.25, 0.3) is 0 Å². The Morgan fingerprint density at radius 1 is 1.47 bits per heavy atom. The normalized spacial score (nSPS) is 11.5. The van der Waals surface area contributed by atoms with Gasteiger partial charge in [0.05, 0.1) is 11.4 Å². The molecule has 0 aliphatic rings. The van der Waals surface area contributed by atoms with Crippen molar-refractivity contribution in [2.45, 2.75) is 18.4 Å². The molecule has 0 aliphatic heterocycles. The van der Waals surface area contributed by atoms with E-state index in [-0.39, 0.29) is 18.0 Å². The fraction of sp³-hybridized carbons (Fsp3) is 0.385. The molecule has 1 N–H and O–H groups in total. The third kappa shape index (κ3) is 3.77. The first kappa shape index (κ1) is 15.6. The van der Waals surface area contributed by atoms with Gasteiger partial charge in [0.1, 0.15) is 5.82 Å². The summed E-state index contributed by atoms with van der Waals surface area (Å²) in [5.74, 6) is 1.83. The van der Waals surface area contributed by atoms with Crippen LogP contribution in [0.5, 0.6) is 0 Å². The van der Waals surface area contributed by atoms with Crippen LogP contribution in [0.1, 0.15) is 12.5 Å². The van der Waals surface area contributed by atoms with Crippen LogP contribution in [0.2, 0.25) is 0 Å². The highest BCUT2D eigenvalue weighted by atomic mass is 32.2. The van der Waals surface area contributed by atoms with Crippen LogP contribution < -0.4 is 5.32 Å². The Balaban J connectivity index is 3.11. The lowest BCUT2D eigenvalue weighted by molar-refractivity contribution is 0.502. The minimum Gasteiger partial charge on any atom is -0.313 e. The van der Waals surface area contributed by atoms with Crippen LogP contribution in [0.3, 0.4) is 0 Å². The van der Waals surface area contributed by atoms with Gasteiger partial charge in [0, 0.05) is 19.2 Å². The van der Waals surface area contributed by atoms with Crippen molar-refractivity contribution in [3.05, 3.63) is 29.6 Å². The minimum atomic E-state index is -3.67. The molecule has 0 saturated carbocycles. The summed E-state index contributed by atoms with van der Waals surface area (Å²) in [4.78, 5) is 0.0413. The van der Waals surface area contributed by atoms with Gasteiger partial charge in [0.15, 0.2) is 0 Å². The second-order valence-electron chi connectivity index (χ2n) is 4.00. The van der Waals surface area contributed by atoms with Crippen molar-refractivity contribution in [3.63, 3.8) is 0 Å². The van der Waals surface area contributed by atoms with Crippen LogP contribution in [-0.4, -0.2) is 32.9 Å². The highest BCUT2D eigenvalue weighted by molar-refractivity contribution is 7.89. The molecule has 0 aromatic heterocycles. The van der Waals surface area contributed by atoms with Gasteiger partial charge < -0.3 is 5.32 Å². The number of hydrogen-bond acceptors (Lipinski definition) is 3. The zero-order valence-electron chi connectivity index (χ0n) is 11.0. The maximum atomic E-state index is 13.5. The third-order valence-electron chi connectivity index (χ3n) is 2.60. The smallest absolute Gasteiger partial charge is 0.243 e. The van der Waals surface area contributed by atoms with Crippen molar-refractivity contribution in [3.8, 4) is 12.3 Å². The Morgan fingerprint density at radius 3 is 2.74 bits per heavy atom. The third-order valence-corrected chi connectivity index (χ3v) is 4.40. The number of terminal acetylenes is 1. The van der Waals surface area contributed by atoms with Gasteiger partial charge in [-0.25, -0.2) is 12.8 Å². The molecule has 4 nitrogen and oxygen atoms in total. The van der Waals surface area contributed by atoms with E-state index in [1.807, 2.05) is 6.92 Å². The van der Waals surface area contributed by atoms with Gasteiger partial charge in [0.2, 0.25) is 10.0 Å². The molecule has 104 valence electrons. The standard InChI is InChI=1S/C13H17FN2O2S/c1-4-8-16(3)19(17,18)12-6-7-13(14)11(9-12)10-15-5-2/h1,6-7,9,15H,5,8,10H2,2-3H3. The molecule has 0 unspecified atom stereocenters. The first-order valence-electron chi connectivity index (χ1n) is 5.82. The molecule has 0 heterocycles. The van der Waals surface area contributed by atoms with Crippen molar-refractivity contribution in [1.82, 2.24) is 9.62 Å². The van der Waals surface area contributed by atoms with Crippen LogP contribution in [0.4, 0.5) is 4.39 Å². The molecule has 1 aromatic rings. The van der Waals surface area contributed by atoms with Gasteiger partial charge in [-0.2, -0.15) is 4.31 Å². The fourth-order valence-corrected chi connectivity index (χ4v) is 2.64. The molecule has 0 aliphatic carbocycles. The number of nitrogens with zero attached hydrogens (tertiary/aromatic N) is 1. The summed E-state index contributed by atoms with van der Waals surface area (Å²) in [6.45, 7) is 2.82. The average Bonchev–Trinajstić information content (AvgIpc) is 2.37. The average molecular weight is 284 g/mol. The highest BCUT2D eigenvalue weighted by Crippen LogP contribution is 2.18. The zero-order valence-corrected chi connectivity index (χ0v) is 11.8. The van der Waals surface area contributed by atoms with Crippen molar-refractivity contribution in [2.75, 3.05) is 20.1 Å². The number of halogens is 1. The van der Waals surface area contributed by atoms with E-state index in [1.54, 1.807) is 0 Å². The van der Waals surface area contributed by atoms with Crippen molar-refractivity contribution in [2.24, 2.45) is 0 Å². The summed E-state index contributed by atoms with van der Waals surface area (Å²) >= 11 is 0. The lowest BCUT2D eigenvalue weighted by Gasteiger charge is -2.15. The summed E-state index contributed by atoms with van der Waals surface area (Å²) in [6, 6.07) is 3.73. The molecule has 6 heteroatoms. The number of hydrogen-bond donors (Lipinski definition) is 1. The van der Waals surface area contributed by atoms with E-state index in [0.29, 0.717) is 12.1 Å². The van der Waals surface area contributed by atoms with Crippen molar-refractivity contribution >= 4 is 10.0 Å². The van der Waals surface area contributed by atoms with Crippen LogP contribution in [0.25, 0.3) is 0 Å². The van der Waals surface area contributed by atoms with E-state index in [2.05, 4.69) is 11.2 Å². The summed E-state index contributed by atoms with van der Waals surface area (Å²) in [5.41, 5.74) is 0.317. The van der Waals surface area contributed by atoms with E-state index in [4.69, 9.17) is 6.42 Å². The maximum absolute atomic E-state index is 13.5. The Kier molecular flexibility index (Phi) is 5.48. The van der Waals surface area contributed by atoms with Crippen molar-refractivity contribution in [1.29, 1.82) is 0 Å². The number of benzene rings is 1. The number of rotatable bonds is 6. The van der Waals surface area contributed by atoms with E-state index in [0.717, 1.165) is 10.4 Å². The maximum Gasteiger partial charge on any atom is 0.243 e. The fourth-order valence-electron chi connectivity index (χ4n) is 1.50. The first-order valence-corrected chi connectivity index (χ1v) is 7.26. The van der Waals surface area contributed by atoms with Crippen molar-refractivity contribution < 1.29 is 12.8 Å². The number of sulfonamides is 1. The molecular weight excluding hydrogens is 267 g/mol. The lowest BCUT2D eigenvalue weighted by atomic mass is 10.2.